The molecule has 7 nitrogen and oxygen atoms in total. The number of para-hydroxylation sites is 1. The van der Waals surface area contributed by atoms with Crippen LogP contribution in [0.15, 0.2) is 72.8 Å². The van der Waals surface area contributed by atoms with Gasteiger partial charge in [0.2, 0.25) is 0 Å². The van der Waals surface area contributed by atoms with Crippen molar-refractivity contribution < 1.29 is 14.5 Å². The smallest absolute Gasteiger partial charge is 0.282 e. The minimum absolute atomic E-state index is 0.00938. The van der Waals surface area contributed by atoms with E-state index in [4.69, 9.17) is 0 Å². The van der Waals surface area contributed by atoms with Crippen molar-refractivity contribution >= 4 is 28.9 Å². The van der Waals surface area contributed by atoms with Crippen LogP contribution in [0.25, 0.3) is 0 Å². The van der Waals surface area contributed by atoms with Gasteiger partial charge in [-0.25, -0.2) is 0 Å². The van der Waals surface area contributed by atoms with Crippen LogP contribution < -0.4 is 10.6 Å². The zero-order valence-corrected chi connectivity index (χ0v) is 17.5. The second-order valence-corrected chi connectivity index (χ2v) is 8.09. The molecule has 0 aliphatic heterocycles. The third kappa shape index (κ3) is 5.33. The first-order valence-corrected chi connectivity index (χ1v) is 9.72. The molecule has 0 heterocycles. The van der Waals surface area contributed by atoms with Gasteiger partial charge in [0.25, 0.3) is 17.5 Å². The Hall–Kier alpha value is -4.00. The van der Waals surface area contributed by atoms with Gasteiger partial charge in [-0.05, 0) is 53.4 Å². The van der Waals surface area contributed by atoms with Crippen LogP contribution >= 0.6 is 0 Å². The number of nitrogens with one attached hydrogen (secondary N) is 2. The summed E-state index contributed by atoms with van der Waals surface area (Å²) in [5, 5.41) is 16.5. The van der Waals surface area contributed by atoms with E-state index in [0.29, 0.717) is 16.9 Å². The molecule has 7 heteroatoms. The summed E-state index contributed by atoms with van der Waals surface area (Å²) >= 11 is 0. The largest absolute Gasteiger partial charge is 0.322 e. The van der Waals surface area contributed by atoms with E-state index >= 15 is 0 Å². The topological polar surface area (TPSA) is 101 Å². The van der Waals surface area contributed by atoms with E-state index in [0.717, 1.165) is 5.56 Å². The Bertz CT molecular complexity index is 1110. The van der Waals surface area contributed by atoms with E-state index in [9.17, 15) is 19.7 Å². The molecular weight excluding hydrogens is 394 g/mol. The predicted octanol–water partition coefficient (Wildman–Crippen LogP) is 5.40. The highest BCUT2D eigenvalue weighted by molar-refractivity contribution is 6.07. The summed E-state index contributed by atoms with van der Waals surface area (Å²) in [5.41, 5.74) is 2.42. The lowest BCUT2D eigenvalue weighted by Crippen LogP contribution is -2.15. The maximum absolute atomic E-state index is 12.5. The molecule has 0 radical (unpaired) electrons. The van der Waals surface area contributed by atoms with Crippen molar-refractivity contribution in [3.8, 4) is 0 Å². The molecule has 158 valence electrons. The van der Waals surface area contributed by atoms with Gasteiger partial charge < -0.3 is 10.6 Å². The standard InChI is InChI=1S/C24H23N3O4/c1-24(2,3)17-10-8-16(9-11-17)22(28)25-18-12-14-19(15-13-18)26-23(29)20-6-4-5-7-21(20)27(30)31/h4-15H,1-3H3,(H,25,28)(H,26,29). The van der Waals surface area contributed by atoms with Gasteiger partial charge >= 0.3 is 0 Å². The fourth-order valence-corrected chi connectivity index (χ4v) is 2.99. The lowest BCUT2D eigenvalue weighted by atomic mass is 9.87. The van der Waals surface area contributed by atoms with Crippen molar-refractivity contribution in [1.82, 2.24) is 0 Å². The minimum Gasteiger partial charge on any atom is -0.322 e. The van der Waals surface area contributed by atoms with Crippen LogP contribution in [0, 0.1) is 10.1 Å². The van der Waals surface area contributed by atoms with Crippen LogP contribution in [0.5, 0.6) is 0 Å². The van der Waals surface area contributed by atoms with Gasteiger partial charge in [-0.3, -0.25) is 19.7 Å². The molecule has 0 bridgehead atoms. The summed E-state index contributed by atoms with van der Waals surface area (Å²) in [7, 11) is 0. The quantitative estimate of drug-likeness (QED) is 0.429. The maximum atomic E-state index is 12.5. The van der Waals surface area contributed by atoms with Crippen molar-refractivity contribution in [3.05, 3.63) is 99.6 Å². The van der Waals surface area contributed by atoms with Crippen molar-refractivity contribution in [3.63, 3.8) is 0 Å². The Morgan fingerprint density at radius 1 is 0.774 bits per heavy atom. The van der Waals surface area contributed by atoms with Gasteiger partial charge in [-0.2, -0.15) is 0 Å². The maximum Gasteiger partial charge on any atom is 0.282 e. The molecule has 2 amide bonds. The molecule has 3 aromatic rings. The molecule has 31 heavy (non-hydrogen) atoms. The van der Waals surface area contributed by atoms with Gasteiger partial charge in [0, 0.05) is 23.0 Å². The van der Waals surface area contributed by atoms with Crippen molar-refractivity contribution in [2.24, 2.45) is 0 Å². The average Bonchev–Trinajstić information content (AvgIpc) is 2.74. The second-order valence-electron chi connectivity index (χ2n) is 8.09. The van der Waals surface area contributed by atoms with E-state index in [1.165, 1.54) is 18.2 Å². The molecule has 0 saturated carbocycles. The Morgan fingerprint density at radius 2 is 1.29 bits per heavy atom. The van der Waals surface area contributed by atoms with E-state index in [2.05, 4.69) is 31.4 Å². The Balaban J connectivity index is 1.66. The monoisotopic (exact) mass is 417 g/mol. The zero-order chi connectivity index (χ0) is 22.6. The third-order valence-electron chi connectivity index (χ3n) is 4.76. The van der Waals surface area contributed by atoms with Crippen LogP contribution in [0.2, 0.25) is 0 Å². The van der Waals surface area contributed by atoms with Crippen LogP contribution in [-0.2, 0) is 5.41 Å². The SMILES string of the molecule is CC(C)(C)c1ccc(C(=O)Nc2ccc(NC(=O)c3ccccc3[N+](=O)[O-])cc2)cc1. The number of nitro groups is 1. The molecule has 2 N–H and O–H groups in total. The first-order valence-electron chi connectivity index (χ1n) is 9.72. The molecule has 3 aromatic carbocycles. The highest BCUT2D eigenvalue weighted by atomic mass is 16.6. The van der Waals surface area contributed by atoms with Gasteiger partial charge in [0.15, 0.2) is 0 Å². The minimum atomic E-state index is -0.596. The molecular formula is C24H23N3O4. The summed E-state index contributed by atoms with van der Waals surface area (Å²) in [5.74, 6) is -0.819. The lowest BCUT2D eigenvalue weighted by molar-refractivity contribution is -0.385. The van der Waals surface area contributed by atoms with Crippen LogP contribution in [0.3, 0.4) is 0 Å². The predicted molar refractivity (Wildman–Crippen MR) is 121 cm³/mol. The van der Waals surface area contributed by atoms with Crippen LogP contribution in [0.4, 0.5) is 17.1 Å². The number of hydrogen-bond acceptors (Lipinski definition) is 4. The Morgan fingerprint density at radius 3 is 1.81 bits per heavy atom. The number of amides is 2. The van der Waals surface area contributed by atoms with Crippen LogP contribution in [0.1, 0.15) is 47.1 Å². The molecule has 0 fully saturated rings. The normalized spacial score (nSPS) is 10.9. The van der Waals surface area contributed by atoms with Crippen molar-refractivity contribution in [1.29, 1.82) is 0 Å². The molecule has 0 aliphatic rings. The van der Waals surface area contributed by atoms with E-state index in [1.54, 1.807) is 42.5 Å². The van der Waals surface area contributed by atoms with Crippen molar-refractivity contribution in [2.45, 2.75) is 26.2 Å². The first-order chi connectivity index (χ1) is 14.6. The number of benzene rings is 3. The van der Waals surface area contributed by atoms with Crippen LogP contribution in [-0.4, -0.2) is 16.7 Å². The summed E-state index contributed by atoms with van der Waals surface area (Å²) in [6.07, 6.45) is 0. The van der Waals surface area contributed by atoms with Gasteiger partial charge in [-0.1, -0.05) is 45.0 Å². The molecule has 0 spiro atoms. The summed E-state index contributed by atoms with van der Waals surface area (Å²) in [4.78, 5) is 35.4. The van der Waals surface area contributed by atoms with E-state index in [1.807, 2.05) is 12.1 Å². The average molecular weight is 417 g/mol. The molecule has 0 aliphatic carbocycles. The number of carbonyl (C=O) groups is 2. The number of nitrogens with zero attached hydrogens (tertiary/aromatic N) is 1. The second kappa shape index (κ2) is 8.79. The number of nitro benzene ring substituents is 1. The summed E-state index contributed by atoms with van der Waals surface area (Å²) in [6, 6.07) is 19.7. The molecule has 0 saturated heterocycles. The summed E-state index contributed by atoms with van der Waals surface area (Å²) < 4.78 is 0. The fraction of sp³-hybridized carbons (Fsp3) is 0.167. The van der Waals surface area contributed by atoms with Gasteiger partial charge in [-0.15, -0.1) is 0 Å². The Labute approximate surface area is 180 Å². The van der Waals surface area contributed by atoms with Gasteiger partial charge in [0.05, 0.1) is 4.92 Å². The zero-order valence-electron chi connectivity index (χ0n) is 17.5. The molecule has 0 aromatic heterocycles. The van der Waals surface area contributed by atoms with Gasteiger partial charge in [0.1, 0.15) is 5.56 Å². The molecule has 3 rings (SSSR count). The summed E-state index contributed by atoms with van der Waals surface area (Å²) in [6.45, 7) is 6.33. The first kappa shape index (κ1) is 21.7. The number of rotatable bonds is 5. The molecule has 0 atom stereocenters. The lowest BCUT2D eigenvalue weighted by Gasteiger charge is -2.19. The molecule has 0 unspecified atom stereocenters. The number of carbonyl (C=O) groups excluding carboxylic acids is 2. The number of hydrogen-bond donors (Lipinski definition) is 2. The number of anilines is 2. The van der Waals surface area contributed by atoms with E-state index in [-0.39, 0.29) is 22.6 Å². The highest BCUT2D eigenvalue weighted by Gasteiger charge is 2.19. The fourth-order valence-electron chi connectivity index (χ4n) is 2.99. The third-order valence-corrected chi connectivity index (χ3v) is 4.76. The van der Waals surface area contributed by atoms with Crippen molar-refractivity contribution in [2.75, 3.05) is 10.6 Å². The van der Waals surface area contributed by atoms with E-state index < -0.39 is 10.8 Å². The highest BCUT2D eigenvalue weighted by Crippen LogP contribution is 2.23. The Kier molecular flexibility index (Phi) is 6.15.